The summed E-state index contributed by atoms with van der Waals surface area (Å²) in [7, 11) is 0. The van der Waals surface area contributed by atoms with Gasteiger partial charge in [-0.2, -0.15) is 0 Å². The first kappa shape index (κ1) is 17.4. The Balaban J connectivity index is 1.84. The summed E-state index contributed by atoms with van der Waals surface area (Å²) in [5, 5.41) is 9.91. The van der Waals surface area contributed by atoms with E-state index in [0.29, 0.717) is 30.7 Å². The first-order valence-electron chi connectivity index (χ1n) is 8.31. The van der Waals surface area contributed by atoms with Crippen molar-refractivity contribution in [3.63, 3.8) is 0 Å². The van der Waals surface area contributed by atoms with E-state index in [4.69, 9.17) is 4.52 Å². The monoisotopic (exact) mass is 349 g/mol. The molecule has 134 valence electrons. The van der Waals surface area contributed by atoms with Crippen LogP contribution in [0.4, 0.5) is 20.2 Å². The molecule has 1 fully saturated rings. The molecule has 1 aromatic carbocycles. The van der Waals surface area contributed by atoms with Crippen LogP contribution in [0.2, 0.25) is 0 Å². The lowest BCUT2D eigenvalue weighted by Gasteiger charge is -2.30. The minimum Gasteiger partial charge on any atom is -0.381 e. The highest BCUT2D eigenvalue weighted by Crippen LogP contribution is 2.37. The van der Waals surface area contributed by atoms with Crippen molar-refractivity contribution in [1.29, 1.82) is 0 Å². The molecule has 0 atom stereocenters. The fraction of sp³-hybridized carbons (Fsp3) is 0.444. The SMILES string of the molecule is Cc1noc(C)c1-c1ccc(NC2CCC(F)(F)CC2)c(NC=O)c1. The normalized spacial score (nSPS) is 17.3. The number of nitrogens with zero attached hydrogens (tertiary/aromatic N) is 1. The third kappa shape index (κ3) is 3.81. The van der Waals surface area contributed by atoms with E-state index < -0.39 is 5.92 Å². The molecule has 1 aromatic heterocycles. The van der Waals surface area contributed by atoms with E-state index in [0.717, 1.165) is 22.5 Å². The molecule has 2 N–H and O–H groups in total. The van der Waals surface area contributed by atoms with Gasteiger partial charge in [0.15, 0.2) is 0 Å². The second-order valence-corrected chi connectivity index (χ2v) is 6.50. The number of rotatable bonds is 5. The van der Waals surface area contributed by atoms with Crippen molar-refractivity contribution in [3.05, 3.63) is 29.7 Å². The van der Waals surface area contributed by atoms with E-state index in [1.54, 1.807) is 0 Å². The zero-order valence-electron chi connectivity index (χ0n) is 14.2. The quantitative estimate of drug-likeness (QED) is 0.779. The van der Waals surface area contributed by atoms with Gasteiger partial charge in [-0.25, -0.2) is 8.78 Å². The number of nitrogens with one attached hydrogen (secondary N) is 2. The second-order valence-electron chi connectivity index (χ2n) is 6.50. The van der Waals surface area contributed by atoms with Crippen LogP contribution in [0.25, 0.3) is 11.1 Å². The molecule has 1 aliphatic carbocycles. The number of aromatic nitrogens is 1. The highest BCUT2D eigenvalue weighted by molar-refractivity contribution is 5.85. The molecule has 0 aliphatic heterocycles. The molecule has 1 amide bonds. The number of amides is 1. The fourth-order valence-electron chi connectivity index (χ4n) is 3.31. The number of aryl methyl sites for hydroxylation is 2. The standard InChI is InChI=1S/C18H21F2N3O2/c1-11-17(12(2)25-23-11)13-3-4-15(16(9-13)21-10-24)22-14-5-7-18(19,20)8-6-14/h3-4,9-10,14,22H,5-8H2,1-2H3,(H,21,24). The van der Waals surface area contributed by atoms with Crippen LogP contribution in [-0.2, 0) is 4.79 Å². The van der Waals surface area contributed by atoms with Crippen molar-refractivity contribution < 1.29 is 18.1 Å². The topological polar surface area (TPSA) is 67.2 Å². The van der Waals surface area contributed by atoms with E-state index in [-0.39, 0.29) is 18.9 Å². The van der Waals surface area contributed by atoms with Gasteiger partial charge in [-0.15, -0.1) is 0 Å². The Morgan fingerprint density at radius 2 is 1.96 bits per heavy atom. The van der Waals surface area contributed by atoms with Gasteiger partial charge in [0.25, 0.3) is 0 Å². The molecule has 0 radical (unpaired) electrons. The highest BCUT2D eigenvalue weighted by atomic mass is 19.3. The second kappa shape index (κ2) is 6.82. The van der Waals surface area contributed by atoms with Crippen LogP contribution in [0.3, 0.4) is 0 Å². The molecule has 0 spiro atoms. The van der Waals surface area contributed by atoms with Gasteiger partial charge in [0.05, 0.1) is 17.1 Å². The summed E-state index contributed by atoms with van der Waals surface area (Å²) in [6, 6.07) is 5.56. The number of hydrogen-bond donors (Lipinski definition) is 2. The van der Waals surface area contributed by atoms with Crippen LogP contribution in [0, 0.1) is 13.8 Å². The van der Waals surface area contributed by atoms with Gasteiger partial charge in [0.1, 0.15) is 5.76 Å². The van der Waals surface area contributed by atoms with Gasteiger partial charge in [0, 0.05) is 24.4 Å². The average Bonchev–Trinajstić information content (AvgIpc) is 2.90. The lowest BCUT2D eigenvalue weighted by atomic mass is 9.92. The minimum absolute atomic E-state index is 0.0308. The van der Waals surface area contributed by atoms with Crippen LogP contribution in [0.1, 0.15) is 37.1 Å². The predicted molar refractivity (Wildman–Crippen MR) is 91.9 cm³/mol. The van der Waals surface area contributed by atoms with Gasteiger partial charge in [-0.3, -0.25) is 4.79 Å². The lowest BCUT2D eigenvalue weighted by Crippen LogP contribution is -2.32. The van der Waals surface area contributed by atoms with E-state index in [1.807, 2.05) is 32.0 Å². The van der Waals surface area contributed by atoms with Gasteiger partial charge >= 0.3 is 0 Å². The lowest BCUT2D eigenvalue weighted by molar-refractivity contribution is -0.105. The molecular weight excluding hydrogens is 328 g/mol. The summed E-state index contributed by atoms with van der Waals surface area (Å²) >= 11 is 0. The van der Waals surface area contributed by atoms with Crippen molar-refractivity contribution >= 4 is 17.8 Å². The zero-order valence-corrected chi connectivity index (χ0v) is 14.2. The summed E-state index contributed by atoms with van der Waals surface area (Å²) < 4.78 is 31.8. The van der Waals surface area contributed by atoms with Crippen molar-refractivity contribution in [1.82, 2.24) is 5.16 Å². The number of halogens is 2. The summed E-state index contributed by atoms with van der Waals surface area (Å²) in [5.41, 5.74) is 3.85. The fourth-order valence-corrected chi connectivity index (χ4v) is 3.31. The molecule has 0 saturated heterocycles. The van der Waals surface area contributed by atoms with Gasteiger partial charge in [0.2, 0.25) is 12.3 Å². The predicted octanol–water partition coefficient (Wildman–Crippen LogP) is 4.52. The maximum atomic E-state index is 13.3. The third-order valence-electron chi connectivity index (χ3n) is 4.63. The number of anilines is 2. The van der Waals surface area contributed by atoms with E-state index in [9.17, 15) is 13.6 Å². The molecular formula is C18H21F2N3O2. The Morgan fingerprint density at radius 3 is 2.56 bits per heavy atom. The first-order chi connectivity index (χ1) is 11.9. The van der Waals surface area contributed by atoms with Crippen molar-refractivity contribution in [2.75, 3.05) is 10.6 Å². The Hall–Kier alpha value is -2.44. The number of alkyl halides is 2. The maximum Gasteiger partial charge on any atom is 0.248 e. The van der Waals surface area contributed by atoms with Crippen LogP contribution in [-0.4, -0.2) is 23.5 Å². The minimum atomic E-state index is -2.56. The summed E-state index contributed by atoms with van der Waals surface area (Å²) in [5.74, 6) is -1.86. The highest BCUT2D eigenvalue weighted by Gasteiger charge is 2.35. The molecule has 0 bridgehead atoms. The Morgan fingerprint density at radius 1 is 1.24 bits per heavy atom. The summed E-state index contributed by atoms with van der Waals surface area (Å²) in [4.78, 5) is 11.0. The molecule has 0 unspecified atom stereocenters. The van der Waals surface area contributed by atoms with Crippen LogP contribution in [0.15, 0.2) is 22.7 Å². The third-order valence-corrected chi connectivity index (χ3v) is 4.63. The Labute approximate surface area is 144 Å². The molecule has 7 heteroatoms. The van der Waals surface area contributed by atoms with E-state index >= 15 is 0 Å². The van der Waals surface area contributed by atoms with Gasteiger partial charge in [-0.05, 0) is 44.4 Å². The molecule has 5 nitrogen and oxygen atoms in total. The van der Waals surface area contributed by atoms with Crippen molar-refractivity contribution in [2.45, 2.75) is 51.5 Å². The molecule has 1 aliphatic rings. The van der Waals surface area contributed by atoms with Crippen LogP contribution < -0.4 is 10.6 Å². The molecule has 25 heavy (non-hydrogen) atoms. The van der Waals surface area contributed by atoms with Gasteiger partial charge < -0.3 is 15.2 Å². The van der Waals surface area contributed by atoms with Gasteiger partial charge in [-0.1, -0.05) is 11.2 Å². The smallest absolute Gasteiger partial charge is 0.248 e. The Kier molecular flexibility index (Phi) is 4.74. The first-order valence-corrected chi connectivity index (χ1v) is 8.31. The summed E-state index contributed by atoms with van der Waals surface area (Å²) in [6.07, 6.45) is 1.18. The van der Waals surface area contributed by atoms with Crippen LogP contribution >= 0.6 is 0 Å². The average molecular weight is 349 g/mol. The number of carbonyl (C=O) groups is 1. The number of hydrogen-bond acceptors (Lipinski definition) is 4. The number of benzene rings is 1. The molecule has 2 aromatic rings. The van der Waals surface area contributed by atoms with Crippen LogP contribution in [0.5, 0.6) is 0 Å². The largest absolute Gasteiger partial charge is 0.381 e. The van der Waals surface area contributed by atoms with E-state index in [2.05, 4.69) is 15.8 Å². The Bertz CT molecular complexity index is 744. The molecule has 3 rings (SSSR count). The number of carbonyl (C=O) groups excluding carboxylic acids is 1. The van der Waals surface area contributed by atoms with Crippen molar-refractivity contribution in [2.24, 2.45) is 0 Å². The molecule has 1 heterocycles. The van der Waals surface area contributed by atoms with Crippen molar-refractivity contribution in [3.8, 4) is 11.1 Å². The maximum absolute atomic E-state index is 13.3. The zero-order chi connectivity index (χ0) is 18.0. The molecule has 1 saturated carbocycles. The van der Waals surface area contributed by atoms with E-state index in [1.165, 1.54) is 0 Å². The summed E-state index contributed by atoms with van der Waals surface area (Å²) in [6.45, 7) is 3.68.